The van der Waals surface area contributed by atoms with Crippen LogP contribution in [-0.4, -0.2) is 42.3 Å². The van der Waals surface area contributed by atoms with Gasteiger partial charge in [-0.15, -0.1) is 0 Å². The molecule has 1 unspecified atom stereocenters. The smallest absolute Gasteiger partial charge is 0.317 e. The molecule has 0 saturated carbocycles. The number of aryl methyl sites for hydroxylation is 2. The fourth-order valence-electron chi connectivity index (χ4n) is 2.35. The Morgan fingerprint density at radius 3 is 2.89 bits per heavy atom. The standard InChI is InChI=1S/C12H20N4O2/c1-8(11-9(2)15-18-10(11)3)13-4-6-16-7-5-14-12(16)17/h8,13H,4-7H2,1-3H3,(H,14,17). The third-order valence-corrected chi connectivity index (χ3v) is 3.30. The first kappa shape index (κ1) is 12.9. The molecule has 1 fully saturated rings. The zero-order valence-corrected chi connectivity index (χ0v) is 11.1. The second kappa shape index (κ2) is 5.39. The van der Waals surface area contributed by atoms with Crippen LogP contribution in [0.25, 0.3) is 0 Å². The van der Waals surface area contributed by atoms with Crippen molar-refractivity contribution in [1.82, 2.24) is 20.7 Å². The quantitative estimate of drug-likeness (QED) is 0.819. The van der Waals surface area contributed by atoms with Crippen LogP contribution in [0, 0.1) is 13.8 Å². The van der Waals surface area contributed by atoms with Gasteiger partial charge in [0, 0.05) is 37.8 Å². The minimum atomic E-state index is 0.0294. The Morgan fingerprint density at radius 1 is 1.56 bits per heavy atom. The van der Waals surface area contributed by atoms with Gasteiger partial charge in [0.2, 0.25) is 0 Å². The molecule has 1 aromatic heterocycles. The molecule has 100 valence electrons. The van der Waals surface area contributed by atoms with E-state index in [4.69, 9.17) is 4.52 Å². The summed E-state index contributed by atoms with van der Waals surface area (Å²) in [5.41, 5.74) is 2.03. The van der Waals surface area contributed by atoms with Gasteiger partial charge in [0.25, 0.3) is 0 Å². The number of hydrogen-bond acceptors (Lipinski definition) is 4. The lowest BCUT2D eigenvalue weighted by Crippen LogP contribution is -2.35. The van der Waals surface area contributed by atoms with Gasteiger partial charge in [0.1, 0.15) is 5.76 Å². The normalized spacial score (nSPS) is 17.1. The van der Waals surface area contributed by atoms with Crippen LogP contribution in [0.4, 0.5) is 4.79 Å². The van der Waals surface area contributed by atoms with Gasteiger partial charge in [-0.05, 0) is 20.8 Å². The maximum atomic E-state index is 11.3. The van der Waals surface area contributed by atoms with Crippen LogP contribution in [-0.2, 0) is 0 Å². The van der Waals surface area contributed by atoms with Crippen molar-refractivity contribution in [3.8, 4) is 0 Å². The van der Waals surface area contributed by atoms with Gasteiger partial charge in [-0.2, -0.15) is 0 Å². The molecule has 0 radical (unpaired) electrons. The van der Waals surface area contributed by atoms with Crippen LogP contribution in [0.3, 0.4) is 0 Å². The van der Waals surface area contributed by atoms with E-state index in [1.165, 1.54) is 0 Å². The van der Waals surface area contributed by atoms with Gasteiger partial charge in [-0.25, -0.2) is 4.79 Å². The summed E-state index contributed by atoms with van der Waals surface area (Å²) in [5.74, 6) is 0.853. The molecule has 6 nitrogen and oxygen atoms in total. The average Bonchev–Trinajstić information content (AvgIpc) is 2.86. The molecule has 2 rings (SSSR count). The van der Waals surface area contributed by atoms with Crippen molar-refractivity contribution < 1.29 is 9.32 Å². The Balaban J connectivity index is 1.82. The van der Waals surface area contributed by atoms with Gasteiger partial charge < -0.3 is 20.1 Å². The van der Waals surface area contributed by atoms with Gasteiger partial charge in [0.15, 0.2) is 0 Å². The summed E-state index contributed by atoms with van der Waals surface area (Å²) < 4.78 is 5.15. The third-order valence-electron chi connectivity index (χ3n) is 3.30. The Hall–Kier alpha value is -1.56. The first-order valence-electron chi connectivity index (χ1n) is 6.28. The van der Waals surface area contributed by atoms with E-state index in [1.807, 2.05) is 18.7 Å². The van der Waals surface area contributed by atoms with Gasteiger partial charge >= 0.3 is 6.03 Å². The number of carbonyl (C=O) groups excluding carboxylic acids is 1. The molecule has 1 atom stereocenters. The van der Waals surface area contributed by atoms with Crippen molar-refractivity contribution in [2.45, 2.75) is 26.8 Å². The van der Waals surface area contributed by atoms with E-state index in [2.05, 4.69) is 22.7 Å². The predicted octanol–water partition coefficient (Wildman–Crippen LogP) is 0.967. The maximum absolute atomic E-state index is 11.3. The van der Waals surface area contributed by atoms with Crippen LogP contribution in [0.2, 0.25) is 0 Å². The summed E-state index contributed by atoms with van der Waals surface area (Å²) >= 11 is 0. The summed E-state index contributed by atoms with van der Waals surface area (Å²) in [5, 5.41) is 10.1. The molecule has 0 bridgehead atoms. The van der Waals surface area contributed by atoms with Crippen molar-refractivity contribution in [1.29, 1.82) is 0 Å². The topological polar surface area (TPSA) is 70.4 Å². The number of nitrogens with zero attached hydrogens (tertiary/aromatic N) is 2. The zero-order chi connectivity index (χ0) is 13.1. The molecule has 0 aromatic carbocycles. The summed E-state index contributed by atoms with van der Waals surface area (Å²) in [4.78, 5) is 13.2. The van der Waals surface area contributed by atoms with E-state index in [9.17, 15) is 4.79 Å². The molecule has 1 aliphatic rings. The molecule has 1 saturated heterocycles. The number of nitrogens with one attached hydrogen (secondary N) is 2. The van der Waals surface area contributed by atoms with E-state index in [0.717, 1.165) is 43.2 Å². The van der Waals surface area contributed by atoms with Gasteiger partial charge in [-0.3, -0.25) is 0 Å². The molecule has 0 aliphatic carbocycles. The SMILES string of the molecule is Cc1noc(C)c1C(C)NCCN1CCNC1=O. The Kier molecular flexibility index (Phi) is 3.86. The Labute approximate surface area is 107 Å². The van der Waals surface area contributed by atoms with Gasteiger partial charge in [-0.1, -0.05) is 5.16 Å². The number of urea groups is 1. The number of amides is 2. The fraction of sp³-hybridized carbons (Fsp3) is 0.667. The van der Waals surface area contributed by atoms with Crippen molar-refractivity contribution in [2.24, 2.45) is 0 Å². The van der Waals surface area contributed by atoms with Crippen molar-refractivity contribution in [3.63, 3.8) is 0 Å². The summed E-state index contributed by atoms with van der Waals surface area (Å²) in [6.07, 6.45) is 0. The molecule has 1 aromatic rings. The Morgan fingerprint density at radius 2 is 2.33 bits per heavy atom. The van der Waals surface area contributed by atoms with Crippen molar-refractivity contribution >= 4 is 6.03 Å². The first-order chi connectivity index (χ1) is 8.59. The molecule has 2 amide bonds. The summed E-state index contributed by atoms with van der Waals surface area (Å²) in [7, 11) is 0. The molecule has 6 heteroatoms. The summed E-state index contributed by atoms with van der Waals surface area (Å²) in [6.45, 7) is 8.96. The largest absolute Gasteiger partial charge is 0.361 e. The van der Waals surface area contributed by atoms with E-state index in [-0.39, 0.29) is 12.1 Å². The second-order valence-corrected chi connectivity index (χ2v) is 4.63. The van der Waals surface area contributed by atoms with Crippen molar-refractivity contribution in [2.75, 3.05) is 26.2 Å². The number of carbonyl (C=O) groups is 1. The van der Waals surface area contributed by atoms with Crippen LogP contribution in [0.15, 0.2) is 4.52 Å². The first-order valence-corrected chi connectivity index (χ1v) is 6.28. The highest BCUT2D eigenvalue weighted by Crippen LogP contribution is 2.20. The van der Waals surface area contributed by atoms with Crippen LogP contribution in [0.1, 0.15) is 30.0 Å². The fourth-order valence-corrected chi connectivity index (χ4v) is 2.35. The lowest BCUT2D eigenvalue weighted by Gasteiger charge is -2.17. The lowest BCUT2D eigenvalue weighted by molar-refractivity contribution is 0.217. The molecule has 1 aliphatic heterocycles. The molecule has 2 heterocycles. The van der Waals surface area contributed by atoms with Crippen molar-refractivity contribution in [3.05, 3.63) is 17.0 Å². The molecule has 18 heavy (non-hydrogen) atoms. The highest BCUT2D eigenvalue weighted by atomic mass is 16.5. The highest BCUT2D eigenvalue weighted by Gasteiger charge is 2.20. The molecule has 0 spiro atoms. The Bertz CT molecular complexity index is 410. The van der Waals surface area contributed by atoms with Crippen LogP contribution < -0.4 is 10.6 Å². The monoisotopic (exact) mass is 252 g/mol. The number of aromatic nitrogens is 1. The maximum Gasteiger partial charge on any atom is 0.317 e. The lowest BCUT2D eigenvalue weighted by atomic mass is 10.1. The van der Waals surface area contributed by atoms with E-state index >= 15 is 0 Å². The second-order valence-electron chi connectivity index (χ2n) is 4.63. The predicted molar refractivity (Wildman–Crippen MR) is 67.4 cm³/mol. The average molecular weight is 252 g/mol. The molecule has 2 N–H and O–H groups in total. The minimum absolute atomic E-state index is 0.0294. The minimum Gasteiger partial charge on any atom is -0.361 e. The zero-order valence-electron chi connectivity index (χ0n) is 11.1. The summed E-state index contributed by atoms with van der Waals surface area (Å²) in [6, 6.07) is 0.212. The number of rotatable bonds is 5. The van der Waals surface area contributed by atoms with Crippen LogP contribution in [0.5, 0.6) is 0 Å². The molecular formula is C12H20N4O2. The van der Waals surface area contributed by atoms with E-state index < -0.39 is 0 Å². The number of hydrogen-bond donors (Lipinski definition) is 2. The van der Waals surface area contributed by atoms with Crippen LogP contribution >= 0.6 is 0 Å². The van der Waals surface area contributed by atoms with E-state index in [1.54, 1.807) is 0 Å². The van der Waals surface area contributed by atoms with E-state index in [0.29, 0.717) is 0 Å². The highest BCUT2D eigenvalue weighted by molar-refractivity contribution is 5.76. The molecular weight excluding hydrogens is 232 g/mol. The van der Waals surface area contributed by atoms with Gasteiger partial charge in [0.05, 0.1) is 5.69 Å². The third kappa shape index (κ3) is 2.64.